The van der Waals surface area contributed by atoms with Gasteiger partial charge in [-0.2, -0.15) is 0 Å². The molecule has 0 amide bonds. The first-order valence-electron chi connectivity index (χ1n) is 6.60. The van der Waals surface area contributed by atoms with Crippen molar-refractivity contribution in [3.63, 3.8) is 0 Å². The first-order valence-corrected chi connectivity index (χ1v) is 7.36. The van der Waals surface area contributed by atoms with Crippen molar-refractivity contribution in [2.24, 2.45) is 0 Å². The predicted octanol–water partition coefficient (Wildman–Crippen LogP) is 4.65. The van der Waals surface area contributed by atoms with Gasteiger partial charge in [0.25, 0.3) is 0 Å². The fourth-order valence-electron chi connectivity index (χ4n) is 2.10. The minimum absolute atomic E-state index is 0.236. The Balaban J connectivity index is 2.05. The summed E-state index contributed by atoms with van der Waals surface area (Å²) < 4.78 is 5.06. The number of carbonyl (C=O) groups excluding carboxylic acids is 2. The van der Waals surface area contributed by atoms with Crippen molar-refractivity contribution < 1.29 is 14.3 Å². The molecule has 2 rings (SSSR count). The number of halogens is 2. The number of carbonyl (C=O) groups is 2. The summed E-state index contributed by atoms with van der Waals surface area (Å²) in [6, 6.07) is 9.94. The molecular formula is C17H14Cl2O3. The molecule has 0 bridgehead atoms. The van der Waals surface area contributed by atoms with Gasteiger partial charge >= 0.3 is 5.97 Å². The Labute approximate surface area is 138 Å². The van der Waals surface area contributed by atoms with Gasteiger partial charge in [-0.15, -0.1) is 0 Å². The highest BCUT2D eigenvalue weighted by Crippen LogP contribution is 2.21. The van der Waals surface area contributed by atoms with E-state index in [4.69, 9.17) is 27.9 Å². The first kappa shape index (κ1) is 16.5. The van der Waals surface area contributed by atoms with E-state index in [1.165, 1.54) is 12.1 Å². The van der Waals surface area contributed by atoms with E-state index in [2.05, 4.69) is 0 Å². The van der Waals surface area contributed by atoms with Crippen molar-refractivity contribution >= 4 is 35.0 Å². The zero-order valence-corrected chi connectivity index (χ0v) is 13.7. The van der Waals surface area contributed by atoms with Gasteiger partial charge < -0.3 is 4.74 Å². The molecule has 0 unspecified atom stereocenters. The van der Waals surface area contributed by atoms with E-state index in [9.17, 15) is 9.59 Å². The molecule has 0 aliphatic heterocycles. The third-order valence-electron chi connectivity index (χ3n) is 3.02. The van der Waals surface area contributed by atoms with Crippen LogP contribution in [0.4, 0.5) is 0 Å². The van der Waals surface area contributed by atoms with Gasteiger partial charge in [-0.3, -0.25) is 4.79 Å². The molecule has 0 heterocycles. The summed E-state index contributed by atoms with van der Waals surface area (Å²) in [6.45, 7) is 3.41. The molecule has 22 heavy (non-hydrogen) atoms. The lowest BCUT2D eigenvalue weighted by atomic mass is 10.1. The lowest BCUT2D eigenvalue weighted by Crippen LogP contribution is -2.15. The number of hydrogen-bond donors (Lipinski definition) is 0. The molecule has 2 aromatic carbocycles. The van der Waals surface area contributed by atoms with Crippen LogP contribution in [0.1, 0.15) is 31.8 Å². The summed E-state index contributed by atoms with van der Waals surface area (Å²) in [6.07, 6.45) is 0. The number of ketones is 1. The minimum atomic E-state index is -0.537. The Morgan fingerprint density at radius 3 is 2.23 bits per heavy atom. The third-order valence-corrected chi connectivity index (χ3v) is 3.57. The fourth-order valence-corrected chi connectivity index (χ4v) is 2.61. The van der Waals surface area contributed by atoms with Gasteiger partial charge in [0.05, 0.1) is 10.6 Å². The summed E-state index contributed by atoms with van der Waals surface area (Å²) in [7, 11) is 0. The predicted molar refractivity (Wildman–Crippen MR) is 87.0 cm³/mol. The van der Waals surface area contributed by atoms with Gasteiger partial charge in [-0.1, -0.05) is 40.4 Å². The number of esters is 1. The molecule has 0 atom stereocenters. The largest absolute Gasteiger partial charge is 0.454 e. The molecule has 0 aromatic heterocycles. The summed E-state index contributed by atoms with van der Waals surface area (Å²) in [5.41, 5.74) is 2.62. The Bertz CT molecular complexity index is 718. The average molecular weight is 337 g/mol. The van der Waals surface area contributed by atoms with Crippen LogP contribution in [0, 0.1) is 13.8 Å². The van der Waals surface area contributed by atoms with Crippen molar-refractivity contribution in [3.05, 3.63) is 68.7 Å². The van der Waals surface area contributed by atoms with E-state index in [-0.39, 0.29) is 23.0 Å². The van der Waals surface area contributed by atoms with Gasteiger partial charge in [-0.25, -0.2) is 4.79 Å². The van der Waals surface area contributed by atoms with Crippen LogP contribution in [-0.2, 0) is 4.74 Å². The van der Waals surface area contributed by atoms with Crippen LogP contribution in [0.25, 0.3) is 0 Å². The van der Waals surface area contributed by atoms with Crippen LogP contribution in [0.5, 0.6) is 0 Å². The Kier molecular flexibility index (Phi) is 5.22. The zero-order chi connectivity index (χ0) is 16.3. The molecule has 0 saturated carbocycles. The topological polar surface area (TPSA) is 43.4 Å². The Morgan fingerprint density at radius 2 is 1.64 bits per heavy atom. The molecule has 0 radical (unpaired) electrons. The van der Waals surface area contributed by atoms with Gasteiger partial charge in [0, 0.05) is 10.6 Å². The van der Waals surface area contributed by atoms with Gasteiger partial charge in [-0.05, 0) is 44.2 Å². The van der Waals surface area contributed by atoms with Crippen LogP contribution in [0.3, 0.4) is 0 Å². The minimum Gasteiger partial charge on any atom is -0.454 e. The molecule has 0 aliphatic rings. The molecular weight excluding hydrogens is 323 g/mol. The second kappa shape index (κ2) is 6.95. The smallest absolute Gasteiger partial charge is 0.338 e. The highest BCUT2D eigenvalue weighted by molar-refractivity contribution is 6.36. The van der Waals surface area contributed by atoms with Crippen LogP contribution in [0.2, 0.25) is 10.0 Å². The third kappa shape index (κ3) is 4.09. The van der Waals surface area contributed by atoms with Gasteiger partial charge in [0.2, 0.25) is 5.78 Å². The summed E-state index contributed by atoms with van der Waals surface area (Å²) >= 11 is 11.7. The quantitative estimate of drug-likeness (QED) is 0.602. The number of hydrogen-bond acceptors (Lipinski definition) is 3. The Hall–Kier alpha value is -1.84. The van der Waals surface area contributed by atoms with Crippen molar-refractivity contribution in [1.29, 1.82) is 0 Å². The Morgan fingerprint density at radius 1 is 1.00 bits per heavy atom. The molecule has 2 aromatic rings. The van der Waals surface area contributed by atoms with Crippen molar-refractivity contribution in [3.8, 4) is 0 Å². The van der Waals surface area contributed by atoms with Crippen LogP contribution < -0.4 is 0 Å². The summed E-state index contributed by atoms with van der Waals surface area (Å²) in [4.78, 5) is 24.0. The van der Waals surface area contributed by atoms with E-state index in [0.29, 0.717) is 10.6 Å². The van der Waals surface area contributed by atoms with Crippen molar-refractivity contribution in [2.75, 3.05) is 6.61 Å². The van der Waals surface area contributed by atoms with Crippen molar-refractivity contribution in [2.45, 2.75) is 13.8 Å². The molecule has 114 valence electrons. The van der Waals surface area contributed by atoms with Crippen molar-refractivity contribution in [1.82, 2.24) is 0 Å². The normalized spacial score (nSPS) is 10.4. The first-order chi connectivity index (χ1) is 10.4. The highest BCUT2D eigenvalue weighted by atomic mass is 35.5. The monoisotopic (exact) mass is 336 g/mol. The summed E-state index contributed by atoms with van der Waals surface area (Å²) in [5, 5.41) is 0.675. The number of Topliss-reactive ketones (excluding diaryl/α,β-unsaturated/α-hetero) is 1. The number of rotatable bonds is 4. The van der Waals surface area contributed by atoms with E-state index in [0.717, 1.165) is 11.1 Å². The fraction of sp³-hybridized carbons (Fsp3) is 0.176. The van der Waals surface area contributed by atoms with Crippen LogP contribution >= 0.6 is 23.2 Å². The van der Waals surface area contributed by atoms with E-state index >= 15 is 0 Å². The summed E-state index contributed by atoms with van der Waals surface area (Å²) in [5.74, 6) is -0.912. The molecule has 0 N–H and O–H groups in total. The molecule has 5 heteroatoms. The second-order valence-corrected chi connectivity index (χ2v) is 5.84. The highest BCUT2D eigenvalue weighted by Gasteiger charge is 2.15. The zero-order valence-electron chi connectivity index (χ0n) is 12.2. The molecule has 3 nitrogen and oxygen atoms in total. The SMILES string of the molecule is Cc1cc(C)cc(C(=O)OCC(=O)c2ccc(Cl)cc2Cl)c1. The van der Waals surface area contributed by atoms with Gasteiger partial charge in [0.1, 0.15) is 0 Å². The lowest BCUT2D eigenvalue weighted by Gasteiger charge is -2.07. The number of ether oxygens (including phenoxy) is 1. The maximum absolute atomic E-state index is 12.0. The maximum Gasteiger partial charge on any atom is 0.338 e. The second-order valence-electron chi connectivity index (χ2n) is 5.00. The van der Waals surface area contributed by atoms with Gasteiger partial charge in [0.15, 0.2) is 6.61 Å². The standard InChI is InChI=1S/C17H14Cl2O3/c1-10-5-11(2)7-12(6-10)17(21)22-9-16(20)14-4-3-13(18)8-15(14)19/h3-8H,9H2,1-2H3. The number of benzene rings is 2. The molecule has 0 saturated heterocycles. The molecule has 0 fully saturated rings. The van der Waals surface area contributed by atoms with E-state index < -0.39 is 5.97 Å². The maximum atomic E-state index is 12.0. The average Bonchev–Trinajstić information content (AvgIpc) is 2.43. The van der Waals surface area contributed by atoms with E-state index in [1.54, 1.807) is 18.2 Å². The van der Waals surface area contributed by atoms with Crippen LogP contribution in [-0.4, -0.2) is 18.4 Å². The molecule has 0 aliphatic carbocycles. The van der Waals surface area contributed by atoms with E-state index in [1.807, 2.05) is 19.9 Å². The lowest BCUT2D eigenvalue weighted by molar-refractivity contribution is 0.0474. The number of aryl methyl sites for hydroxylation is 2. The van der Waals surface area contributed by atoms with Crippen LogP contribution in [0.15, 0.2) is 36.4 Å². The molecule has 0 spiro atoms.